The lowest BCUT2D eigenvalue weighted by Crippen LogP contribution is -1.96. The van der Waals surface area contributed by atoms with E-state index in [1.54, 1.807) is 11.3 Å². The van der Waals surface area contributed by atoms with Gasteiger partial charge < -0.3 is 5.73 Å². The molecule has 0 amide bonds. The third-order valence-electron chi connectivity index (χ3n) is 3.69. The van der Waals surface area contributed by atoms with E-state index in [2.05, 4.69) is 33.2 Å². The van der Waals surface area contributed by atoms with Crippen molar-refractivity contribution >= 4 is 61.6 Å². The fourth-order valence-electron chi connectivity index (χ4n) is 2.46. The first-order chi connectivity index (χ1) is 11.6. The molecule has 0 saturated heterocycles. The Morgan fingerprint density at radius 1 is 1.17 bits per heavy atom. The van der Waals surface area contributed by atoms with Crippen molar-refractivity contribution < 1.29 is 0 Å². The number of hydrogen-bond donors (Lipinski definition) is 1. The Labute approximate surface area is 152 Å². The smallest absolute Gasteiger partial charge is 0.191 e. The highest BCUT2D eigenvalue weighted by molar-refractivity contribution is 7.98. The van der Waals surface area contributed by atoms with Crippen molar-refractivity contribution in [3.8, 4) is 0 Å². The van der Waals surface area contributed by atoms with Gasteiger partial charge in [0, 0.05) is 16.7 Å². The molecule has 0 unspecified atom stereocenters. The Morgan fingerprint density at radius 2 is 2.04 bits per heavy atom. The summed E-state index contributed by atoms with van der Waals surface area (Å²) in [7, 11) is 0. The first-order valence-corrected chi connectivity index (χ1v) is 9.54. The van der Waals surface area contributed by atoms with Gasteiger partial charge in [0.1, 0.15) is 15.8 Å². The molecule has 0 spiro atoms. The molecule has 1 aromatic carbocycles. The lowest BCUT2D eigenvalue weighted by molar-refractivity contribution is 1.02. The molecule has 0 atom stereocenters. The number of pyridine rings is 1. The number of halogens is 1. The van der Waals surface area contributed by atoms with Crippen LogP contribution >= 0.6 is 34.7 Å². The third kappa shape index (κ3) is 2.92. The van der Waals surface area contributed by atoms with Crippen molar-refractivity contribution in [2.24, 2.45) is 0 Å². The molecule has 0 aliphatic carbocycles. The number of nitrogens with two attached hydrogens (primary N) is 1. The largest absolute Gasteiger partial charge is 0.383 e. The van der Waals surface area contributed by atoms with Crippen LogP contribution in [0.3, 0.4) is 0 Å². The first kappa shape index (κ1) is 15.6. The Morgan fingerprint density at radius 3 is 2.92 bits per heavy atom. The van der Waals surface area contributed by atoms with Crippen LogP contribution < -0.4 is 5.73 Å². The second kappa shape index (κ2) is 6.20. The van der Waals surface area contributed by atoms with Gasteiger partial charge in [0.05, 0.1) is 10.9 Å². The van der Waals surface area contributed by atoms with Crippen molar-refractivity contribution in [2.45, 2.75) is 17.8 Å². The molecule has 0 saturated carbocycles. The molecule has 24 heavy (non-hydrogen) atoms. The van der Waals surface area contributed by atoms with Crippen LogP contribution in [-0.4, -0.2) is 15.0 Å². The number of anilines is 1. The summed E-state index contributed by atoms with van der Waals surface area (Å²) in [5, 5.41) is 5.13. The van der Waals surface area contributed by atoms with Gasteiger partial charge in [-0.3, -0.25) is 0 Å². The summed E-state index contributed by atoms with van der Waals surface area (Å²) < 4.78 is 0. The van der Waals surface area contributed by atoms with E-state index in [0.717, 1.165) is 26.7 Å². The highest BCUT2D eigenvalue weighted by atomic mass is 35.5. The number of fused-ring (bicyclic) bond motifs is 2. The van der Waals surface area contributed by atoms with E-state index >= 15 is 0 Å². The van der Waals surface area contributed by atoms with E-state index in [9.17, 15) is 0 Å². The zero-order chi connectivity index (χ0) is 16.7. The van der Waals surface area contributed by atoms with Crippen LogP contribution in [0.4, 0.5) is 5.82 Å². The quantitative estimate of drug-likeness (QED) is 0.309. The zero-order valence-electron chi connectivity index (χ0n) is 12.8. The van der Waals surface area contributed by atoms with Crippen LogP contribution in [0.5, 0.6) is 0 Å². The molecule has 0 aliphatic rings. The minimum absolute atomic E-state index is 0.516. The van der Waals surface area contributed by atoms with Gasteiger partial charge in [0.15, 0.2) is 5.16 Å². The maximum Gasteiger partial charge on any atom is 0.191 e. The normalized spacial score (nSPS) is 11.4. The van der Waals surface area contributed by atoms with Gasteiger partial charge in [-0.1, -0.05) is 35.5 Å². The van der Waals surface area contributed by atoms with E-state index in [-0.39, 0.29) is 0 Å². The summed E-state index contributed by atoms with van der Waals surface area (Å²) >= 11 is 9.42. The standard InChI is InChI=1S/C17H13ClN4S2/c1-9-2-3-10-7-11(14(18)20-13(10)6-9)8-24-17-21-15(19)12-4-5-23-16(12)22-17/h2-7H,8H2,1H3,(H2,19,21,22). The predicted octanol–water partition coefficient (Wildman–Crippen LogP) is 5.08. The van der Waals surface area contributed by atoms with Gasteiger partial charge in [0.25, 0.3) is 0 Å². The second-order valence-corrected chi connectivity index (χ2v) is 7.65. The van der Waals surface area contributed by atoms with Crippen molar-refractivity contribution in [3.05, 3.63) is 52.0 Å². The minimum atomic E-state index is 0.516. The number of nitrogens with zero attached hydrogens (tertiary/aromatic N) is 3. The summed E-state index contributed by atoms with van der Waals surface area (Å²) in [6, 6.07) is 10.2. The van der Waals surface area contributed by atoms with E-state index in [0.29, 0.717) is 21.9 Å². The minimum Gasteiger partial charge on any atom is -0.383 e. The van der Waals surface area contributed by atoms with Crippen molar-refractivity contribution in [1.82, 2.24) is 15.0 Å². The number of benzene rings is 1. The van der Waals surface area contributed by atoms with Gasteiger partial charge in [-0.05, 0) is 36.1 Å². The highest BCUT2D eigenvalue weighted by Crippen LogP contribution is 2.30. The molecule has 7 heteroatoms. The molecule has 4 rings (SSSR count). The number of aromatic nitrogens is 3. The summed E-state index contributed by atoms with van der Waals surface area (Å²) in [5.74, 6) is 1.16. The molecule has 0 aliphatic heterocycles. The van der Waals surface area contributed by atoms with Crippen LogP contribution in [0.25, 0.3) is 21.1 Å². The maximum absolute atomic E-state index is 6.34. The number of nitrogen functional groups attached to an aromatic ring is 1. The van der Waals surface area contributed by atoms with Gasteiger partial charge in [-0.15, -0.1) is 11.3 Å². The predicted molar refractivity (Wildman–Crippen MR) is 103 cm³/mol. The Kier molecular flexibility index (Phi) is 4.04. The number of rotatable bonds is 3. The number of thiophene rings is 1. The molecule has 4 nitrogen and oxygen atoms in total. The first-order valence-electron chi connectivity index (χ1n) is 7.29. The molecular formula is C17H13ClN4S2. The molecular weight excluding hydrogens is 360 g/mol. The summed E-state index contributed by atoms with van der Waals surface area (Å²) in [6.07, 6.45) is 0. The molecule has 120 valence electrons. The van der Waals surface area contributed by atoms with Crippen molar-refractivity contribution in [2.75, 3.05) is 5.73 Å². The SMILES string of the molecule is Cc1ccc2cc(CSc3nc(N)c4ccsc4n3)c(Cl)nc2c1. The van der Waals surface area contributed by atoms with E-state index < -0.39 is 0 Å². The van der Waals surface area contributed by atoms with Gasteiger partial charge in [0.2, 0.25) is 0 Å². The molecule has 3 aromatic heterocycles. The van der Waals surface area contributed by atoms with Crippen LogP contribution in [0, 0.1) is 6.92 Å². The molecule has 2 N–H and O–H groups in total. The average molecular weight is 373 g/mol. The lowest BCUT2D eigenvalue weighted by Gasteiger charge is -2.07. The van der Waals surface area contributed by atoms with Crippen molar-refractivity contribution in [3.63, 3.8) is 0 Å². The van der Waals surface area contributed by atoms with Crippen molar-refractivity contribution in [1.29, 1.82) is 0 Å². The average Bonchev–Trinajstić information content (AvgIpc) is 3.02. The zero-order valence-corrected chi connectivity index (χ0v) is 15.2. The molecule has 3 heterocycles. The van der Waals surface area contributed by atoms with Crippen LogP contribution in [0.1, 0.15) is 11.1 Å². The second-order valence-electron chi connectivity index (χ2n) is 5.45. The fourth-order valence-corrected chi connectivity index (χ4v) is 4.41. The highest BCUT2D eigenvalue weighted by Gasteiger charge is 2.10. The number of thioether (sulfide) groups is 1. The Hall–Kier alpha value is -1.89. The topological polar surface area (TPSA) is 64.7 Å². The van der Waals surface area contributed by atoms with Gasteiger partial charge >= 0.3 is 0 Å². The Bertz CT molecular complexity index is 1060. The van der Waals surface area contributed by atoms with Crippen LogP contribution in [0.2, 0.25) is 5.15 Å². The summed E-state index contributed by atoms with van der Waals surface area (Å²) in [6.45, 7) is 2.04. The van der Waals surface area contributed by atoms with E-state index in [1.165, 1.54) is 17.3 Å². The molecule has 0 bridgehead atoms. The van der Waals surface area contributed by atoms with E-state index in [1.807, 2.05) is 24.4 Å². The Balaban J connectivity index is 1.63. The fraction of sp³-hybridized carbons (Fsp3) is 0.118. The molecule has 4 aromatic rings. The monoisotopic (exact) mass is 372 g/mol. The number of hydrogen-bond acceptors (Lipinski definition) is 6. The van der Waals surface area contributed by atoms with Crippen LogP contribution in [-0.2, 0) is 5.75 Å². The molecule has 0 radical (unpaired) electrons. The van der Waals surface area contributed by atoms with Crippen LogP contribution in [0.15, 0.2) is 40.9 Å². The van der Waals surface area contributed by atoms with Gasteiger partial charge in [-0.2, -0.15) is 0 Å². The van der Waals surface area contributed by atoms with E-state index in [4.69, 9.17) is 17.3 Å². The number of aryl methyl sites for hydroxylation is 1. The summed E-state index contributed by atoms with van der Waals surface area (Å²) in [4.78, 5) is 14.3. The summed E-state index contributed by atoms with van der Waals surface area (Å²) in [5.41, 5.74) is 9.04. The molecule has 0 fully saturated rings. The lowest BCUT2D eigenvalue weighted by atomic mass is 10.1. The third-order valence-corrected chi connectivity index (χ3v) is 5.72. The van der Waals surface area contributed by atoms with Gasteiger partial charge in [-0.25, -0.2) is 15.0 Å². The maximum atomic E-state index is 6.34.